The van der Waals surface area contributed by atoms with E-state index in [1.165, 1.54) is 25.8 Å². The van der Waals surface area contributed by atoms with E-state index < -0.39 is 0 Å². The summed E-state index contributed by atoms with van der Waals surface area (Å²) in [5.74, 6) is 0.290. The Bertz CT molecular complexity index is 784. The minimum Gasteiger partial charge on any atom is -0.508 e. The van der Waals surface area contributed by atoms with Crippen LogP contribution in [0.5, 0.6) is 5.75 Å². The molecule has 1 nitrogen and oxygen atoms in total. The number of hydrogen-bond donors (Lipinski definition) is 1. The standard InChI is InChI=1S/C22H19IO/c1-2-21(16-6-4-3-5-7-16)22(17-8-12-19(23)13-9-17)18-10-14-20(24)15-11-18/h3-15,24H,2H2,1H3. The van der Waals surface area contributed by atoms with Crippen molar-refractivity contribution in [2.24, 2.45) is 0 Å². The van der Waals surface area contributed by atoms with Crippen molar-refractivity contribution in [3.8, 4) is 5.75 Å². The number of hydrogen-bond acceptors (Lipinski definition) is 1. The molecular formula is C22H19IO. The maximum Gasteiger partial charge on any atom is 0.115 e. The van der Waals surface area contributed by atoms with Gasteiger partial charge in [-0.1, -0.05) is 61.5 Å². The molecule has 3 rings (SSSR count). The number of allylic oxidation sites excluding steroid dienone is 1. The molecule has 0 amide bonds. The van der Waals surface area contributed by atoms with Crippen LogP contribution in [0.3, 0.4) is 0 Å². The van der Waals surface area contributed by atoms with E-state index in [0.29, 0.717) is 5.75 Å². The lowest BCUT2D eigenvalue weighted by Crippen LogP contribution is -1.95. The summed E-state index contributed by atoms with van der Waals surface area (Å²) in [7, 11) is 0. The van der Waals surface area contributed by atoms with E-state index in [2.05, 4.69) is 78.0 Å². The first kappa shape index (κ1) is 16.8. The lowest BCUT2D eigenvalue weighted by atomic mass is 9.88. The number of benzene rings is 3. The molecular weight excluding hydrogens is 407 g/mol. The van der Waals surface area contributed by atoms with Gasteiger partial charge in [0, 0.05) is 3.57 Å². The Morgan fingerprint density at radius 3 is 1.83 bits per heavy atom. The van der Waals surface area contributed by atoms with Crippen LogP contribution in [-0.2, 0) is 0 Å². The van der Waals surface area contributed by atoms with Crippen molar-refractivity contribution in [2.75, 3.05) is 0 Å². The molecule has 0 fully saturated rings. The Balaban J connectivity index is 2.26. The highest BCUT2D eigenvalue weighted by Crippen LogP contribution is 2.35. The summed E-state index contributed by atoms with van der Waals surface area (Å²) in [6, 6.07) is 26.6. The zero-order valence-corrected chi connectivity index (χ0v) is 15.7. The van der Waals surface area contributed by atoms with E-state index in [-0.39, 0.29) is 0 Å². The van der Waals surface area contributed by atoms with Crippen LogP contribution in [0.4, 0.5) is 0 Å². The third kappa shape index (κ3) is 3.70. The molecule has 0 spiro atoms. The second-order valence-corrected chi connectivity index (χ2v) is 6.87. The van der Waals surface area contributed by atoms with Gasteiger partial charge >= 0.3 is 0 Å². The van der Waals surface area contributed by atoms with Crippen molar-refractivity contribution >= 4 is 33.7 Å². The molecule has 0 saturated carbocycles. The summed E-state index contributed by atoms with van der Waals surface area (Å²) in [5.41, 5.74) is 6.08. The molecule has 0 unspecified atom stereocenters. The first-order valence-electron chi connectivity index (χ1n) is 8.03. The maximum absolute atomic E-state index is 9.64. The van der Waals surface area contributed by atoms with Gasteiger partial charge in [-0.15, -0.1) is 0 Å². The summed E-state index contributed by atoms with van der Waals surface area (Å²) < 4.78 is 1.22. The van der Waals surface area contributed by atoms with Gasteiger partial charge < -0.3 is 5.11 Å². The zero-order chi connectivity index (χ0) is 16.9. The van der Waals surface area contributed by atoms with Gasteiger partial charge in [0.1, 0.15) is 5.75 Å². The number of rotatable bonds is 4. The minimum atomic E-state index is 0.290. The highest BCUT2D eigenvalue weighted by Gasteiger charge is 2.13. The number of phenolic OH excluding ortho intramolecular Hbond substituents is 1. The fraction of sp³-hybridized carbons (Fsp3) is 0.0909. The largest absolute Gasteiger partial charge is 0.508 e. The Morgan fingerprint density at radius 1 is 0.750 bits per heavy atom. The molecule has 0 heterocycles. The molecule has 2 heteroatoms. The first-order chi connectivity index (χ1) is 11.7. The van der Waals surface area contributed by atoms with Crippen molar-refractivity contribution in [1.82, 2.24) is 0 Å². The van der Waals surface area contributed by atoms with Crippen molar-refractivity contribution < 1.29 is 5.11 Å². The van der Waals surface area contributed by atoms with Crippen molar-refractivity contribution in [3.05, 3.63) is 99.1 Å². The van der Waals surface area contributed by atoms with Crippen LogP contribution >= 0.6 is 22.6 Å². The molecule has 0 bridgehead atoms. The molecule has 3 aromatic carbocycles. The van der Waals surface area contributed by atoms with Crippen LogP contribution in [0.1, 0.15) is 30.0 Å². The number of halogens is 1. The van der Waals surface area contributed by atoms with Gasteiger partial charge in [-0.05, 0) is 81.1 Å². The van der Waals surface area contributed by atoms with E-state index in [0.717, 1.165) is 12.0 Å². The molecule has 0 aliphatic carbocycles. The topological polar surface area (TPSA) is 20.2 Å². The molecule has 24 heavy (non-hydrogen) atoms. The summed E-state index contributed by atoms with van der Waals surface area (Å²) in [6.07, 6.45) is 0.937. The molecule has 0 saturated heterocycles. The van der Waals surface area contributed by atoms with Crippen molar-refractivity contribution in [2.45, 2.75) is 13.3 Å². The molecule has 0 atom stereocenters. The highest BCUT2D eigenvalue weighted by atomic mass is 127. The Hall–Kier alpha value is -2.07. The summed E-state index contributed by atoms with van der Waals surface area (Å²) in [4.78, 5) is 0. The Labute approximate surface area is 156 Å². The molecule has 120 valence electrons. The average Bonchev–Trinajstić information content (AvgIpc) is 2.62. The van der Waals surface area contributed by atoms with Gasteiger partial charge in [-0.3, -0.25) is 0 Å². The van der Waals surface area contributed by atoms with Gasteiger partial charge in [-0.2, -0.15) is 0 Å². The Kier molecular flexibility index (Phi) is 5.36. The van der Waals surface area contributed by atoms with Gasteiger partial charge in [-0.25, -0.2) is 0 Å². The molecule has 3 aromatic rings. The van der Waals surface area contributed by atoms with E-state index in [4.69, 9.17) is 0 Å². The van der Waals surface area contributed by atoms with Crippen LogP contribution in [0, 0.1) is 3.57 Å². The monoisotopic (exact) mass is 426 g/mol. The fourth-order valence-electron chi connectivity index (χ4n) is 2.92. The SMILES string of the molecule is CCC(=C(c1ccc(O)cc1)c1ccc(I)cc1)c1ccccc1. The highest BCUT2D eigenvalue weighted by molar-refractivity contribution is 14.1. The minimum absolute atomic E-state index is 0.290. The van der Waals surface area contributed by atoms with Crippen LogP contribution in [0.2, 0.25) is 0 Å². The molecule has 0 aliphatic heterocycles. The first-order valence-corrected chi connectivity index (χ1v) is 9.11. The molecule has 0 radical (unpaired) electrons. The number of phenols is 1. The third-order valence-electron chi connectivity index (χ3n) is 4.07. The molecule has 0 aliphatic rings. The second-order valence-electron chi connectivity index (χ2n) is 5.63. The second kappa shape index (κ2) is 7.67. The molecule has 0 aromatic heterocycles. The van der Waals surface area contributed by atoms with E-state index in [9.17, 15) is 5.11 Å². The predicted octanol–water partition coefficient (Wildman–Crippen LogP) is 6.37. The lowest BCUT2D eigenvalue weighted by Gasteiger charge is -2.16. The smallest absolute Gasteiger partial charge is 0.115 e. The number of aromatic hydroxyl groups is 1. The van der Waals surface area contributed by atoms with Gasteiger partial charge in [0.25, 0.3) is 0 Å². The van der Waals surface area contributed by atoms with E-state index in [1.54, 1.807) is 12.1 Å². The molecule has 1 N–H and O–H groups in total. The summed E-state index contributed by atoms with van der Waals surface area (Å²) >= 11 is 2.33. The van der Waals surface area contributed by atoms with Gasteiger partial charge in [0.15, 0.2) is 0 Å². The van der Waals surface area contributed by atoms with Crippen LogP contribution < -0.4 is 0 Å². The quantitative estimate of drug-likeness (QED) is 0.380. The van der Waals surface area contributed by atoms with E-state index in [1.807, 2.05) is 18.2 Å². The Morgan fingerprint density at radius 2 is 1.29 bits per heavy atom. The normalized spacial score (nSPS) is 11.9. The van der Waals surface area contributed by atoms with E-state index >= 15 is 0 Å². The fourth-order valence-corrected chi connectivity index (χ4v) is 3.28. The lowest BCUT2D eigenvalue weighted by molar-refractivity contribution is 0.475. The van der Waals surface area contributed by atoms with Crippen LogP contribution in [-0.4, -0.2) is 5.11 Å². The van der Waals surface area contributed by atoms with Crippen molar-refractivity contribution in [3.63, 3.8) is 0 Å². The summed E-state index contributed by atoms with van der Waals surface area (Å²) in [6.45, 7) is 2.19. The van der Waals surface area contributed by atoms with Gasteiger partial charge in [0.05, 0.1) is 0 Å². The van der Waals surface area contributed by atoms with Crippen LogP contribution in [0.25, 0.3) is 11.1 Å². The third-order valence-corrected chi connectivity index (χ3v) is 4.79. The zero-order valence-electron chi connectivity index (χ0n) is 13.5. The predicted molar refractivity (Wildman–Crippen MR) is 110 cm³/mol. The maximum atomic E-state index is 9.64. The van der Waals surface area contributed by atoms with Crippen LogP contribution in [0.15, 0.2) is 78.9 Å². The average molecular weight is 426 g/mol. The van der Waals surface area contributed by atoms with Crippen molar-refractivity contribution in [1.29, 1.82) is 0 Å². The summed E-state index contributed by atoms with van der Waals surface area (Å²) in [5, 5.41) is 9.64. The van der Waals surface area contributed by atoms with Gasteiger partial charge in [0.2, 0.25) is 0 Å².